The van der Waals surface area contributed by atoms with Crippen molar-refractivity contribution in [2.24, 2.45) is 0 Å². The second-order valence-electron chi connectivity index (χ2n) is 7.04. The highest BCUT2D eigenvalue weighted by atomic mass is 16.6. The molecular weight excluding hydrogens is 448 g/mol. The number of ether oxygens (including phenoxy) is 2. The zero-order chi connectivity index (χ0) is 25.1. The van der Waals surface area contributed by atoms with E-state index in [1.54, 1.807) is 13.8 Å². The molecule has 2 N–H and O–H groups in total. The first-order chi connectivity index (χ1) is 16.2. The summed E-state index contributed by atoms with van der Waals surface area (Å²) in [6.45, 7) is 4.20. The number of hydrogen-bond acceptors (Lipinski definition) is 8. The van der Waals surface area contributed by atoms with Gasteiger partial charge in [-0.1, -0.05) is 0 Å². The number of nitro groups is 2. The summed E-state index contributed by atoms with van der Waals surface area (Å²) in [5, 5.41) is 27.5. The molecule has 12 nitrogen and oxygen atoms in total. The summed E-state index contributed by atoms with van der Waals surface area (Å²) < 4.78 is 10.5. The number of rotatable bonds is 13. The third-order valence-electron chi connectivity index (χ3n) is 4.56. The van der Waals surface area contributed by atoms with Crippen molar-refractivity contribution in [3.8, 4) is 11.5 Å². The van der Waals surface area contributed by atoms with Gasteiger partial charge in [0.25, 0.3) is 11.4 Å². The van der Waals surface area contributed by atoms with Gasteiger partial charge in [0.1, 0.15) is 22.9 Å². The highest BCUT2D eigenvalue weighted by Gasteiger charge is 2.19. The fraction of sp³-hybridized carbons (Fsp3) is 0.364. The minimum absolute atomic E-state index is 0.0425. The second kappa shape index (κ2) is 12.7. The molecule has 12 heteroatoms. The molecule has 0 aromatic heterocycles. The summed E-state index contributed by atoms with van der Waals surface area (Å²) in [4.78, 5) is 45.7. The zero-order valence-electron chi connectivity index (χ0n) is 18.9. The van der Waals surface area contributed by atoms with Gasteiger partial charge in [0, 0.05) is 12.8 Å². The summed E-state index contributed by atoms with van der Waals surface area (Å²) >= 11 is 0. The van der Waals surface area contributed by atoms with E-state index >= 15 is 0 Å². The summed E-state index contributed by atoms with van der Waals surface area (Å²) in [6.07, 6.45) is 0.770. The third kappa shape index (κ3) is 7.73. The summed E-state index contributed by atoms with van der Waals surface area (Å²) in [6, 6.07) is 8.33. The number of amides is 2. The van der Waals surface area contributed by atoms with Crippen molar-refractivity contribution in [2.75, 3.05) is 23.8 Å². The van der Waals surface area contributed by atoms with Crippen LogP contribution in [-0.4, -0.2) is 34.9 Å². The van der Waals surface area contributed by atoms with Gasteiger partial charge in [-0.05, 0) is 51.0 Å². The zero-order valence-corrected chi connectivity index (χ0v) is 18.9. The van der Waals surface area contributed by atoms with Gasteiger partial charge in [-0.25, -0.2) is 0 Å². The largest absolute Gasteiger partial charge is 0.494 e. The predicted molar refractivity (Wildman–Crippen MR) is 124 cm³/mol. The Bertz CT molecular complexity index is 974. The van der Waals surface area contributed by atoms with E-state index in [0.29, 0.717) is 37.6 Å². The number of nitrogens with zero attached hydrogens (tertiary/aromatic N) is 2. The van der Waals surface area contributed by atoms with Crippen molar-refractivity contribution in [2.45, 2.75) is 39.5 Å². The van der Waals surface area contributed by atoms with Crippen molar-refractivity contribution < 1.29 is 28.9 Å². The smallest absolute Gasteiger partial charge is 0.296 e. The summed E-state index contributed by atoms with van der Waals surface area (Å²) in [7, 11) is 0. The molecule has 2 aromatic carbocycles. The Morgan fingerprint density at radius 2 is 1.15 bits per heavy atom. The van der Waals surface area contributed by atoms with Crippen LogP contribution in [0.4, 0.5) is 22.7 Å². The molecule has 0 heterocycles. The molecule has 2 amide bonds. The molecular formula is C22H26N4O8. The molecule has 0 saturated heterocycles. The number of nitro benzene ring substituents is 2. The molecule has 0 aliphatic carbocycles. The number of anilines is 2. The molecule has 2 rings (SSSR count). The molecule has 0 bridgehead atoms. The van der Waals surface area contributed by atoms with Crippen molar-refractivity contribution in [3.05, 3.63) is 56.6 Å². The van der Waals surface area contributed by atoms with Gasteiger partial charge in [0.15, 0.2) is 0 Å². The van der Waals surface area contributed by atoms with Gasteiger partial charge in [-0.15, -0.1) is 0 Å². The maximum absolute atomic E-state index is 12.2. The number of carbonyl (C=O) groups is 2. The summed E-state index contributed by atoms with van der Waals surface area (Å²) in [5.41, 5.74) is -0.454. The van der Waals surface area contributed by atoms with Crippen LogP contribution in [-0.2, 0) is 9.59 Å². The first-order valence-electron chi connectivity index (χ1n) is 10.7. The van der Waals surface area contributed by atoms with Gasteiger partial charge in [-0.2, -0.15) is 0 Å². The van der Waals surface area contributed by atoms with Crippen LogP contribution >= 0.6 is 0 Å². The molecule has 0 spiro atoms. The minimum atomic E-state index is -0.609. The molecule has 0 saturated carbocycles. The van der Waals surface area contributed by atoms with E-state index in [9.17, 15) is 29.8 Å². The molecule has 0 atom stereocenters. The molecule has 0 aliphatic rings. The standard InChI is InChI=1S/C22H26N4O8/c1-3-33-15-9-11-17(19(13-15)25(29)30)23-21(27)7-5-6-8-22(28)24-18-12-10-16(34-4-2)14-20(18)26(31)32/h9-14H,3-8H2,1-2H3,(H,23,27)(H,24,28). The fourth-order valence-corrected chi connectivity index (χ4v) is 3.05. The van der Waals surface area contributed by atoms with E-state index in [0.717, 1.165) is 0 Å². The van der Waals surface area contributed by atoms with E-state index in [1.807, 2.05) is 0 Å². The Morgan fingerprint density at radius 1 is 0.765 bits per heavy atom. The van der Waals surface area contributed by atoms with Gasteiger partial charge in [-0.3, -0.25) is 29.8 Å². The quantitative estimate of drug-likeness (QED) is 0.244. The van der Waals surface area contributed by atoms with Crippen LogP contribution < -0.4 is 20.1 Å². The Labute approximate surface area is 195 Å². The Kier molecular flexibility index (Phi) is 9.74. The highest BCUT2D eigenvalue weighted by molar-refractivity contribution is 5.94. The van der Waals surface area contributed by atoms with E-state index in [2.05, 4.69) is 10.6 Å². The van der Waals surface area contributed by atoms with Crippen LogP contribution in [0.15, 0.2) is 36.4 Å². The van der Waals surface area contributed by atoms with Crippen molar-refractivity contribution >= 4 is 34.6 Å². The van der Waals surface area contributed by atoms with Crippen LogP contribution in [0.1, 0.15) is 39.5 Å². The number of nitrogens with one attached hydrogen (secondary N) is 2. The Hall–Kier alpha value is -4.22. The normalized spacial score (nSPS) is 10.3. The second-order valence-corrected chi connectivity index (χ2v) is 7.04. The van der Waals surface area contributed by atoms with E-state index in [-0.39, 0.29) is 35.6 Å². The average molecular weight is 474 g/mol. The number of unbranched alkanes of at least 4 members (excludes halogenated alkanes) is 1. The molecule has 0 fully saturated rings. The lowest BCUT2D eigenvalue weighted by molar-refractivity contribution is -0.384. The lowest BCUT2D eigenvalue weighted by atomic mass is 10.1. The van der Waals surface area contributed by atoms with Crippen molar-refractivity contribution in [1.82, 2.24) is 0 Å². The minimum Gasteiger partial charge on any atom is -0.494 e. The van der Waals surface area contributed by atoms with E-state index in [1.165, 1.54) is 36.4 Å². The molecule has 0 aliphatic heterocycles. The molecule has 2 aromatic rings. The summed E-state index contributed by atoms with van der Waals surface area (Å²) in [5.74, 6) is -0.221. The number of benzene rings is 2. The Balaban J connectivity index is 1.85. The van der Waals surface area contributed by atoms with Gasteiger partial charge >= 0.3 is 0 Å². The Morgan fingerprint density at radius 3 is 1.47 bits per heavy atom. The van der Waals surface area contributed by atoms with Crippen LogP contribution in [0, 0.1) is 20.2 Å². The first kappa shape index (κ1) is 26.0. The average Bonchev–Trinajstić information content (AvgIpc) is 2.79. The molecule has 34 heavy (non-hydrogen) atoms. The maximum Gasteiger partial charge on any atom is 0.296 e. The highest BCUT2D eigenvalue weighted by Crippen LogP contribution is 2.30. The first-order valence-corrected chi connectivity index (χ1v) is 10.7. The molecule has 182 valence electrons. The van der Waals surface area contributed by atoms with Crippen LogP contribution in [0.5, 0.6) is 11.5 Å². The van der Waals surface area contributed by atoms with Crippen LogP contribution in [0.2, 0.25) is 0 Å². The third-order valence-corrected chi connectivity index (χ3v) is 4.56. The number of carbonyl (C=O) groups excluding carboxylic acids is 2. The lowest BCUT2D eigenvalue weighted by Crippen LogP contribution is -2.14. The number of hydrogen-bond donors (Lipinski definition) is 2. The van der Waals surface area contributed by atoms with E-state index < -0.39 is 21.7 Å². The topological polar surface area (TPSA) is 163 Å². The lowest BCUT2D eigenvalue weighted by Gasteiger charge is -2.09. The maximum atomic E-state index is 12.2. The predicted octanol–water partition coefficient (Wildman–Crippen LogP) is 4.44. The molecule has 0 unspecified atom stereocenters. The van der Waals surface area contributed by atoms with Gasteiger partial charge in [0.05, 0.1) is 35.2 Å². The van der Waals surface area contributed by atoms with Gasteiger partial charge < -0.3 is 20.1 Å². The van der Waals surface area contributed by atoms with Crippen LogP contribution in [0.3, 0.4) is 0 Å². The fourth-order valence-electron chi connectivity index (χ4n) is 3.05. The van der Waals surface area contributed by atoms with Crippen LogP contribution in [0.25, 0.3) is 0 Å². The monoisotopic (exact) mass is 474 g/mol. The van der Waals surface area contributed by atoms with Crippen molar-refractivity contribution in [1.29, 1.82) is 0 Å². The SMILES string of the molecule is CCOc1ccc(NC(=O)CCCCC(=O)Nc2ccc(OCC)cc2[N+](=O)[O-])c([N+](=O)[O-])c1. The molecule has 0 radical (unpaired) electrons. The van der Waals surface area contributed by atoms with E-state index in [4.69, 9.17) is 9.47 Å². The van der Waals surface area contributed by atoms with Gasteiger partial charge in [0.2, 0.25) is 11.8 Å². The van der Waals surface area contributed by atoms with Crippen molar-refractivity contribution in [3.63, 3.8) is 0 Å².